The summed E-state index contributed by atoms with van der Waals surface area (Å²) in [6, 6.07) is 3.62. The molecule has 0 radical (unpaired) electrons. The van der Waals surface area contributed by atoms with E-state index in [1.54, 1.807) is 17.2 Å². The maximum absolute atomic E-state index is 12.3. The average molecular weight is 306 g/mol. The number of hydrogen-bond donors (Lipinski definition) is 1. The molecule has 2 fully saturated rings. The Labute approximate surface area is 129 Å². The van der Waals surface area contributed by atoms with Crippen molar-refractivity contribution in [3.05, 3.63) is 24.2 Å². The Morgan fingerprint density at radius 1 is 1.55 bits per heavy atom. The summed E-state index contributed by atoms with van der Waals surface area (Å²) < 4.78 is 10.8. The van der Waals surface area contributed by atoms with Gasteiger partial charge in [0, 0.05) is 19.6 Å². The third kappa shape index (κ3) is 3.32. The molecule has 3 rings (SSSR count). The van der Waals surface area contributed by atoms with Crippen LogP contribution < -0.4 is 5.32 Å². The van der Waals surface area contributed by atoms with Crippen LogP contribution in [0.25, 0.3) is 0 Å². The normalized spacial score (nSPS) is 26.4. The van der Waals surface area contributed by atoms with Crippen LogP contribution in [0.1, 0.15) is 31.9 Å². The Morgan fingerprint density at radius 3 is 3.09 bits per heavy atom. The fraction of sp³-hybridized carbons (Fsp3) is 0.625. The molecule has 0 saturated carbocycles. The molecule has 3 atom stereocenters. The van der Waals surface area contributed by atoms with Gasteiger partial charge in [-0.2, -0.15) is 0 Å². The van der Waals surface area contributed by atoms with E-state index in [1.165, 1.54) is 0 Å². The molecular formula is C16H22N2O4. The molecule has 1 N–H and O–H groups in total. The van der Waals surface area contributed by atoms with Crippen LogP contribution in [0.5, 0.6) is 0 Å². The van der Waals surface area contributed by atoms with Crippen molar-refractivity contribution < 1.29 is 18.7 Å². The molecule has 6 nitrogen and oxygen atoms in total. The average Bonchev–Trinajstić information content (AvgIpc) is 3.22. The molecule has 0 unspecified atom stereocenters. The number of carbonyl (C=O) groups is 2. The van der Waals surface area contributed by atoms with E-state index in [0.29, 0.717) is 13.1 Å². The second-order valence-corrected chi connectivity index (χ2v) is 6.10. The Balaban J connectivity index is 1.52. The van der Waals surface area contributed by atoms with E-state index in [9.17, 15) is 9.59 Å². The van der Waals surface area contributed by atoms with Gasteiger partial charge in [0.05, 0.1) is 30.9 Å². The molecule has 2 amide bonds. The van der Waals surface area contributed by atoms with Crippen molar-refractivity contribution in [1.82, 2.24) is 10.2 Å². The lowest BCUT2D eigenvalue weighted by Gasteiger charge is -2.22. The zero-order valence-electron chi connectivity index (χ0n) is 12.8. The first-order chi connectivity index (χ1) is 10.6. The number of carbonyl (C=O) groups excluding carboxylic acids is 2. The van der Waals surface area contributed by atoms with Crippen LogP contribution >= 0.6 is 0 Å². The van der Waals surface area contributed by atoms with Gasteiger partial charge in [-0.05, 0) is 31.9 Å². The van der Waals surface area contributed by atoms with Crippen molar-refractivity contribution in [1.29, 1.82) is 0 Å². The van der Waals surface area contributed by atoms with Crippen LogP contribution in [0, 0.1) is 5.92 Å². The molecule has 22 heavy (non-hydrogen) atoms. The highest BCUT2D eigenvalue weighted by Gasteiger charge is 2.36. The van der Waals surface area contributed by atoms with E-state index >= 15 is 0 Å². The summed E-state index contributed by atoms with van der Waals surface area (Å²) in [5.74, 6) is 0.396. The highest BCUT2D eigenvalue weighted by atomic mass is 16.5. The van der Waals surface area contributed by atoms with E-state index in [2.05, 4.69) is 5.32 Å². The fourth-order valence-corrected chi connectivity index (χ4v) is 3.12. The third-order valence-electron chi connectivity index (χ3n) is 4.40. The molecule has 1 aromatic heterocycles. The number of nitrogens with zero attached hydrogens (tertiary/aromatic N) is 1. The minimum absolute atomic E-state index is 0.00122. The zero-order valence-corrected chi connectivity index (χ0v) is 12.8. The minimum atomic E-state index is -0.286. The van der Waals surface area contributed by atoms with Crippen LogP contribution in [0.3, 0.4) is 0 Å². The predicted octanol–water partition coefficient (Wildman–Crippen LogP) is 1.31. The van der Waals surface area contributed by atoms with Gasteiger partial charge in [0.1, 0.15) is 5.76 Å². The molecule has 2 aliphatic heterocycles. The fourth-order valence-electron chi connectivity index (χ4n) is 3.12. The van der Waals surface area contributed by atoms with E-state index in [-0.39, 0.29) is 36.3 Å². The molecule has 0 aromatic carbocycles. The van der Waals surface area contributed by atoms with Gasteiger partial charge in [-0.1, -0.05) is 0 Å². The summed E-state index contributed by atoms with van der Waals surface area (Å²) in [5.41, 5.74) is 0. The van der Waals surface area contributed by atoms with Gasteiger partial charge in [-0.3, -0.25) is 9.59 Å². The van der Waals surface area contributed by atoms with Crippen molar-refractivity contribution in [3.63, 3.8) is 0 Å². The van der Waals surface area contributed by atoms with E-state index < -0.39 is 0 Å². The molecule has 1 aromatic rings. The van der Waals surface area contributed by atoms with Crippen molar-refractivity contribution >= 4 is 11.8 Å². The van der Waals surface area contributed by atoms with Gasteiger partial charge in [0.15, 0.2) is 0 Å². The Hall–Kier alpha value is -1.82. The number of nitrogens with one attached hydrogen (secondary N) is 1. The zero-order chi connectivity index (χ0) is 15.5. The maximum atomic E-state index is 12.3. The maximum Gasteiger partial charge on any atom is 0.225 e. The highest BCUT2D eigenvalue weighted by Crippen LogP contribution is 2.22. The van der Waals surface area contributed by atoms with Crippen molar-refractivity contribution in [2.45, 2.75) is 44.9 Å². The van der Waals surface area contributed by atoms with Gasteiger partial charge in [-0.25, -0.2) is 0 Å². The van der Waals surface area contributed by atoms with Crippen molar-refractivity contribution in [3.8, 4) is 0 Å². The van der Waals surface area contributed by atoms with Gasteiger partial charge < -0.3 is 19.4 Å². The number of rotatable bonds is 5. The van der Waals surface area contributed by atoms with Gasteiger partial charge >= 0.3 is 0 Å². The lowest BCUT2D eigenvalue weighted by atomic mass is 10.1. The summed E-state index contributed by atoms with van der Waals surface area (Å²) in [7, 11) is 0. The summed E-state index contributed by atoms with van der Waals surface area (Å²) in [6.45, 7) is 3.61. The van der Waals surface area contributed by atoms with E-state index in [0.717, 1.165) is 25.2 Å². The Morgan fingerprint density at radius 2 is 2.41 bits per heavy atom. The molecule has 2 saturated heterocycles. The van der Waals surface area contributed by atoms with Crippen LogP contribution in [0.15, 0.2) is 22.8 Å². The van der Waals surface area contributed by atoms with Gasteiger partial charge in [0.25, 0.3) is 0 Å². The van der Waals surface area contributed by atoms with Crippen LogP contribution in [0.2, 0.25) is 0 Å². The Bertz CT molecular complexity index is 522. The summed E-state index contributed by atoms with van der Waals surface area (Å²) in [6.07, 6.45) is 3.98. The van der Waals surface area contributed by atoms with E-state index in [1.807, 2.05) is 13.0 Å². The van der Waals surface area contributed by atoms with Crippen LogP contribution in [-0.2, 0) is 20.9 Å². The predicted molar refractivity (Wildman–Crippen MR) is 78.8 cm³/mol. The first-order valence-corrected chi connectivity index (χ1v) is 7.85. The second-order valence-electron chi connectivity index (χ2n) is 6.10. The van der Waals surface area contributed by atoms with Crippen LogP contribution in [-0.4, -0.2) is 42.0 Å². The molecular weight excluding hydrogens is 284 g/mol. The number of hydrogen-bond acceptors (Lipinski definition) is 4. The van der Waals surface area contributed by atoms with Crippen molar-refractivity contribution in [2.24, 2.45) is 5.92 Å². The molecule has 6 heteroatoms. The van der Waals surface area contributed by atoms with E-state index in [4.69, 9.17) is 9.15 Å². The smallest absolute Gasteiger partial charge is 0.225 e. The lowest BCUT2D eigenvalue weighted by Crippen LogP contribution is -2.44. The largest absolute Gasteiger partial charge is 0.467 e. The number of furan rings is 1. The highest BCUT2D eigenvalue weighted by molar-refractivity contribution is 5.89. The molecule has 2 aliphatic rings. The first kappa shape index (κ1) is 15.1. The second kappa shape index (κ2) is 6.52. The Kier molecular flexibility index (Phi) is 4.47. The topological polar surface area (TPSA) is 71.8 Å². The number of ether oxygens (including phenoxy) is 1. The standard InChI is InChI=1S/C16H22N2O4/c1-11(14-5-3-7-22-14)17-16(20)12-8-15(19)18(9-12)10-13-4-2-6-21-13/h2,4,6,11-12,14H,3,5,7-10H2,1H3,(H,17,20)/t11-,12+,14+/m0/s1. The molecule has 120 valence electrons. The SMILES string of the molecule is C[C@H](NC(=O)[C@@H]1CC(=O)N(Cc2ccco2)C1)[C@H]1CCCO1. The molecule has 0 spiro atoms. The molecule has 0 aliphatic carbocycles. The first-order valence-electron chi connectivity index (χ1n) is 7.85. The van der Waals surface area contributed by atoms with Gasteiger partial charge in [-0.15, -0.1) is 0 Å². The monoisotopic (exact) mass is 306 g/mol. The minimum Gasteiger partial charge on any atom is -0.467 e. The van der Waals surface area contributed by atoms with Gasteiger partial charge in [0.2, 0.25) is 11.8 Å². The summed E-state index contributed by atoms with van der Waals surface area (Å²) in [5, 5.41) is 3.00. The third-order valence-corrected chi connectivity index (χ3v) is 4.40. The van der Waals surface area contributed by atoms with Crippen molar-refractivity contribution in [2.75, 3.05) is 13.2 Å². The lowest BCUT2D eigenvalue weighted by molar-refractivity contribution is -0.129. The molecule has 3 heterocycles. The number of amides is 2. The van der Waals surface area contributed by atoms with Crippen LogP contribution in [0.4, 0.5) is 0 Å². The molecule has 0 bridgehead atoms. The summed E-state index contributed by atoms with van der Waals surface area (Å²) in [4.78, 5) is 26.1. The number of likely N-dealkylation sites (tertiary alicyclic amines) is 1. The quantitative estimate of drug-likeness (QED) is 0.890. The summed E-state index contributed by atoms with van der Waals surface area (Å²) >= 11 is 0.